The van der Waals surface area contributed by atoms with Gasteiger partial charge in [0.15, 0.2) is 0 Å². The van der Waals surface area contributed by atoms with Crippen LogP contribution in [-0.2, 0) is 8.37 Å². The summed E-state index contributed by atoms with van der Waals surface area (Å²) in [5, 5.41) is 3.62. The molecule has 0 bridgehead atoms. The molecule has 0 amide bonds. The molecule has 0 atom stereocenters. The molecule has 1 aliphatic carbocycles. The topological polar surface area (TPSA) is 30.5 Å². The van der Waals surface area contributed by atoms with Crippen LogP contribution >= 0.6 is 10.6 Å². The third-order valence-corrected chi connectivity index (χ3v) is 5.13. The van der Waals surface area contributed by atoms with Crippen LogP contribution in [0, 0.1) is 0 Å². The van der Waals surface area contributed by atoms with Gasteiger partial charge < -0.3 is 0 Å². The van der Waals surface area contributed by atoms with Crippen molar-refractivity contribution in [1.29, 1.82) is 0 Å². The van der Waals surface area contributed by atoms with E-state index in [0.29, 0.717) is 6.04 Å². The van der Waals surface area contributed by atoms with E-state index in [1.54, 1.807) is 0 Å². The van der Waals surface area contributed by atoms with Gasteiger partial charge in [-0.25, -0.2) is 0 Å². The molecule has 1 rings (SSSR count). The summed E-state index contributed by atoms with van der Waals surface area (Å²) in [6.45, 7) is 9.53. The maximum absolute atomic E-state index is 5.76. The van der Waals surface area contributed by atoms with Crippen LogP contribution in [0.25, 0.3) is 0 Å². The molecular weight excluding hydrogens is 246 g/mol. The van der Waals surface area contributed by atoms with E-state index in [1.807, 2.05) is 27.7 Å². The minimum atomic E-state index is -1.35. The highest BCUT2D eigenvalue weighted by Gasteiger charge is 2.18. The predicted octanol–water partition coefficient (Wildman–Crippen LogP) is 4.23. The van der Waals surface area contributed by atoms with E-state index in [-0.39, 0.29) is 0 Å². The quantitative estimate of drug-likeness (QED) is 0.756. The summed E-state index contributed by atoms with van der Waals surface area (Å²) in [5.41, 5.74) is 0. The van der Waals surface area contributed by atoms with Gasteiger partial charge in [-0.2, -0.15) is 10.6 Å². The van der Waals surface area contributed by atoms with Crippen LogP contribution in [-0.4, -0.2) is 31.4 Å². The van der Waals surface area contributed by atoms with Gasteiger partial charge >= 0.3 is 0 Å². The van der Waals surface area contributed by atoms with Gasteiger partial charge in [0.05, 0.1) is 19.1 Å². The highest BCUT2D eigenvalue weighted by atomic mass is 32.3. The second-order valence-corrected chi connectivity index (χ2v) is 7.03. The van der Waals surface area contributed by atoms with Gasteiger partial charge in [-0.1, -0.05) is 33.1 Å². The third-order valence-electron chi connectivity index (χ3n) is 2.97. The average molecular weight is 279 g/mol. The molecular formula is C14H33NO2S. The molecule has 0 aromatic heterocycles. The van der Waals surface area contributed by atoms with E-state index in [1.165, 1.54) is 32.1 Å². The number of rotatable bonds is 7. The highest BCUT2D eigenvalue weighted by molar-refractivity contribution is 8.25. The molecule has 112 valence electrons. The molecule has 1 saturated carbocycles. The van der Waals surface area contributed by atoms with Crippen LogP contribution < -0.4 is 5.32 Å². The first-order chi connectivity index (χ1) is 8.70. The minimum absolute atomic E-state index is 0.682. The van der Waals surface area contributed by atoms with E-state index in [9.17, 15) is 0 Å². The molecule has 3 nitrogen and oxygen atoms in total. The molecule has 0 aromatic carbocycles. The Bertz CT molecular complexity index is 179. The van der Waals surface area contributed by atoms with Crippen LogP contribution in [0.1, 0.15) is 59.8 Å². The molecule has 0 spiro atoms. The van der Waals surface area contributed by atoms with Crippen LogP contribution in [0.5, 0.6) is 0 Å². The van der Waals surface area contributed by atoms with Crippen molar-refractivity contribution in [3.63, 3.8) is 0 Å². The van der Waals surface area contributed by atoms with Crippen molar-refractivity contribution in [3.8, 4) is 0 Å². The molecule has 1 N–H and O–H groups in total. The highest BCUT2D eigenvalue weighted by Crippen LogP contribution is 2.45. The summed E-state index contributed by atoms with van der Waals surface area (Å²) >= 11 is 0. The lowest BCUT2D eigenvalue weighted by Gasteiger charge is -2.40. The molecule has 0 aliphatic heterocycles. The second kappa shape index (κ2) is 11.1. The fraction of sp³-hybridized carbons (Fsp3) is 1.00. The van der Waals surface area contributed by atoms with Crippen molar-refractivity contribution in [2.45, 2.75) is 65.8 Å². The van der Waals surface area contributed by atoms with Crippen molar-refractivity contribution in [2.75, 3.05) is 25.3 Å². The molecule has 18 heavy (non-hydrogen) atoms. The van der Waals surface area contributed by atoms with E-state index < -0.39 is 10.6 Å². The van der Waals surface area contributed by atoms with Gasteiger partial charge in [-0.05, 0) is 26.7 Å². The first kappa shape index (κ1) is 18.2. The Morgan fingerprint density at radius 1 is 1.00 bits per heavy atom. The van der Waals surface area contributed by atoms with Gasteiger partial charge in [0.2, 0.25) is 0 Å². The van der Waals surface area contributed by atoms with Gasteiger partial charge in [-0.3, -0.25) is 13.7 Å². The van der Waals surface area contributed by atoms with Gasteiger partial charge in [0.1, 0.15) is 0 Å². The maximum Gasteiger partial charge on any atom is 0.0870 e. The van der Waals surface area contributed by atoms with Gasteiger partial charge in [0, 0.05) is 12.3 Å². The van der Waals surface area contributed by atoms with Crippen LogP contribution in [0.4, 0.5) is 0 Å². The van der Waals surface area contributed by atoms with Crippen molar-refractivity contribution >= 4 is 10.6 Å². The van der Waals surface area contributed by atoms with E-state index in [2.05, 4.69) is 11.6 Å². The van der Waals surface area contributed by atoms with Crippen LogP contribution in [0.15, 0.2) is 0 Å². The first-order valence-corrected chi connectivity index (χ1v) is 9.54. The molecule has 0 radical (unpaired) electrons. The number of nitrogens with one attached hydrogen (secondary N) is 1. The van der Waals surface area contributed by atoms with E-state index >= 15 is 0 Å². The average Bonchev–Trinajstić information content (AvgIpc) is 2.41. The molecule has 0 unspecified atom stereocenters. The summed E-state index contributed by atoms with van der Waals surface area (Å²) in [5.74, 6) is 0.874. The third kappa shape index (κ3) is 7.62. The first-order valence-electron chi connectivity index (χ1n) is 7.48. The molecule has 1 fully saturated rings. The van der Waals surface area contributed by atoms with Gasteiger partial charge in [0.25, 0.3) is 0 Å². The fourth-order valence-electron chi connectivity index (χ4n) is 2.19. The summed E-state index contributed by atoms with van der Waals surface area (Å²) in [6.07, 6.45) is 8.87. The van der Waals surface area contributed by atoms with Crippen molar-refractivity contribution < 1.29 is 8.37 Å². The lowest BCUT2D eigenvalue weighted by atomic mass is 9.96. The maximum atomic E-state index is 5.76. The Morgan fingerprint density at radius 2 is 1.50 bits per heavy atom. The monoisotopic (exact) mass is 279 g/mol. The van der Waals surface area contributed by atoms with E-state index in [4.69, 9.17) is 8.37 Å². The van der Waals surface area contributed by atoms with Crippen LogP contribution in [0.2, 0.25) is 0 Å². The molecule has 4 heteroatoms. The SMILES string of the molecule is CC.CCOS(C)(CNC1CCCCC1)OCC. The minimum Gasteiger partial charge on any atom is -0.298 e. The lowest BCUT2D eigenvalue weighted by Crippen LogP contribution is -2.34. The Hall–Kier alpha value is 0.230. The lowest BCUT2D eigenvalue weighted by molar-refractivity contribution is 0.273. The van der Waals surface area contributed by atoms with Gasteiger partial charge in [-0.15, -0.1) is 0 Å². The zero-order chi connectivity index (χ0) is 13.9. The summed E-state index contributed by atoms with van der Waals surface area (Å²) in [4.78, 5) is 0. The Labute approximate surface area is 116 Å². The van der Waals surface area contributed by atoms with Crippen molar-refractivity contribution in [2.24, 2.45) is 0 Å². The Morgan fingerprint density at radius 3 is 1.94 bits per heavy atom. The normalized spacial score (nSPS) is 18.1. The second-order valence-electron chi connectivity index (χ2n) is 4.42. The molecule has 0 heterocycles. The predicted molar refractivity (Wildman–Crippen MR) is 83.0 cm³/mol. The van der Waals surface area contributed by atoms with Crippen molar-refractivity contribution in [1.82, 2.24) is 5.32 Å². The smallest absolute Gasteiger partial charge is 0.0870 e. The molecule has 1 aliphatic rings. The number of hydrogen-bond acceptors (Lipinski definition) is 3. The summed E-state index contributed by atoms with van der Waals surface area (Å²) < 4.78 is 11.5. The fourth-order valence-corrected chi connectivity index (χ4v) is 3.96. The van der Waals surface area contributed by atoms with Crippen molar-refractivity contribution in [3.05, 3.63) is 0 Å². The molecule has 0 saturated heterocycles. The summed E-state index contributed by atoms with van der Waals surface area (Å²) in [7, 11) is -1.35. The number of hydrogen-bond donors (Lipinski definition) is 1. The summed E-state index contributed by atoms with van der Waals surface area (Å²) in [6, 6.07) is 0.682. The Balaban J connectivity index is 0.00000137. The zero-order valence-corrected chi connectivity index (χ0v) is 13.8. The molecule has 0 aromatic rings. The zero-order valence-electron chi connectivity index (χ0n) is 13.0. The van der Waals surface area contributed by atoms with Crippen LogP contribution in [0.3, 0.4) is 0 Å². The standard InChI is InChI=1S/C12H27NO2S.C2H6/c1-4-14-16(3,15-5-2)11-13-12-9-7-6-8-10-12;1-2/h12-13H,4-11H2,1-3H3;1-2H3. The van der Waals surface area contributed by atoms with E-state index in [0.717, 1.165) is 19.1 Å². The Kier molecular flexibility index (Phi) is 11.2. The largest absolute Gasteiger partial charge is 0.298 e.